The van der Waals surface area contributed by atoms with Crippen LogP contribution in [0.1, 0.15) is 30.6 Å². The first-order chi connectivity index (χ1) is 9.04. The van der Waals surface area contributed by atoms with Crippen molar-refractivity contribution in [3.8, 4) is 0 Å². The SMILES string of the molecule is CC(F)(F)c1nnc(N2CCCc3occc3C2)o1. The van der Waals surface area contributed by atoms with E-state index in [1.807, 2.05) is 6.07 Å². The van der Waals surface area contributed by atoms with Gasteiger partial charge >= 0.3 is 11.9 Å². The van der Waals surface area contributed by atoms with Crippen LogP contribution in [0.4, 0.5) is 14.8 Å². The van der Waals surface area contributed by atoms with E-state index in [0.29, 0.717) is 13.1 Å². The summed E-state index contributed by atoms with van der Waals surface area (Å²) in [6.45, 7) is 1.94. The fourth-order valence-electron chi connectivity index (χ4n) is 2.13. The van der Waals surface area contributed by atoms with Gasteiger partial charge in [0.2, 0.25) is 0 Å². The number of alkyl halides is 2. The fraction of sp³-hybridized carbons (Fsp3) is 0.500. The molecule has 0 saturated carbocycles. The number of rotatable bonds is 2. The van der Waals surface area contributed by atoms with Crippen molar-refractivity contribution in [1.82, 2.24) is 10.2 Å². The molecule has 0 spiro atoms. The largest absolute Gasteiger partial charge is 0.469 e. The molecule has 0 aromatic carbocycles. The third kappa shape index (κ3) is 2.32. The molecule has 102 valence electrons. The lowest BCUT2D eigenvalue weighted by Crippen LogP contribution is -2.22. The molecule has 0 fully saturated rings. The average Bonchev–Trinajstić information content (AvgIpc) is 2.94. The molecule has 2 aromatic rings. The minimum atomic E-state index is -3.11. The van der Waals surface area contributed by atoms with Crippen LogP contribution in [0.5, 0.6) is 0 Å². The Morgan fingerprint density at radius 2 is 2.21 bits per heavy atom. The summed E-state index contributed by atoms with van der Waals surface area (Å²) in [6.07, 6.45) is 3.30. The van der Waals surface area contributed by atoms with Gasteiger partial charge in [0.15, 0.2) is 0 Å². The lowest BCUT2D eigenvalue weighted by atomic mass is 10.2. The highest BCUT2D eigenvalue weighted by Crippen LogP contribution is 2.29. The molecular weight excluding hydrogens is 256 g/mol. The molecule has 19 heavy (non-hydrogen) atoms. The first kappa shape index (κ1) is 12.1. The van der Waals surface area contributed by atoms with Crippen molar-refractivity contribution < 1.29 is 17.6 Å². The molecule has 0 radical (unpaired) electrons. The van der Waals surface area contributed by atoms with Gasteiger partial charge in [0.05, 0.1) is 12.8 Å². The number of halogens is 2. The summed E-state index contributed by atoms with van der Waals surface area (Å²) >= 11 is 0. The van der Waals surface area contributed by atoms with E-state index in [4.69, 9.17) is 8.83 Å². The van der Waals surface area contributed by atoms with Crippen molar-refractivity contribution in [3.05, 3.63) is 29.5 Å². The van der Waals surface area contributed by atoms with Crippen molar-refractivity contribution in [1.29, 1.82) is 0 Å². The van der Waals surface area contributed by atoms with Crippen molar-refractivity contribution in [2.45, 2.75) is 32.2 Å². The van der Waals surface area contributed by atoms with Crippen LogP contribution in [0.25, 0.3) is 0 Å². The van der Waals surface area contributed by atoms with Gasteiger partial charge < -0.3 is 13.7 Å². The van der Waals surface area contributed by atoms with E-state index in [1.165, 1.54) is 0 Å². The Kier molecular flexibility index (Phi) is 2.76. The second kappa shape index (κ2) is 4.32. The van der Waals surface area contributed by atoms with Crippen molar-refractivity contribution in [2.75, 3.05) is 11.4 Å². The van der Waals surface area contributed by atoms with Gasteiger partial charge in [-0.1, -0.05) is 5.10 Å². The molecule has 1 aliphatic rings. The zero-order valence-electron chi connectivity index (χ0n) is 10.4. The molecule has 3 heterocycles. The molecule has 5 nitrogen and oxygen atoms in total. The zero-order chi connectivity index (χ0) is 13.5. The van der Waals surface area contributed by atoms with Crippen LogP contribution in [0, 0.1) is 0 Å². The van der Waals surface area contributed by atoms with Crippen LogP contribution in [0.2, 0.25) is 0 Å². The highest BCUT2D eigenvalue weighted by molar-refractivity contribution is 5.31. The third-order valence-corrected chi connectivity index (χ3v) is 3.09. The molecule has 2 aromatic heterocycles. The number of anilines is 1. The van der Waals surface area contributed by atoms with Gasteiger partial charge in [-0.15, -0.1) is 5.10 Å². The quantitative estimate of drug-likeness (QED) is 0.839. The highest BCUT2D eigenvalue weighted by atomic mass is 19.3. The summed E-state index contributed by atoms with van der Waals surface area (Å²) in [5, 5.41) is 7.11. The Hall–Kier alpha value is -1.92. The minimum Gasteiger partial charge on any atom is -0.469 e. The van der Waals surface area contributed by atoms with Gasteiger partial charge in [-0.25, -0.2) is 0 Å². The molecule has 0 bridgehead atoms. The standard InChI is InChI=1S/C12H13F2N3O2/c1-12(13,14)10-15-16-11(19-10)17-5-2-3-9-8(7-17)4-6-18-9/h4,6H,2-3,5,7H2,1H3. The van der Waals surface area contributed by atoms with E-state index in [2.05, 4.69) is 10.2 Å². The van der Waals surface area contributed by atoms with Crippen LogP contribution in [0.15, 0.2) is 21.2 Å². The number of hydrogen-bond donors (Lipinski definition) is 0. The van der Waals surface area contributed by atoms with Crippen LogP contribution >= 0.6 is 0 Å². The maximum Gasteiger partial charge on any atom is 0.321 e. The summed E-state index contributed by atoms with van der Waals surface area (Å²) in [5.74, 6) is -2.83. The fourth-order valence-corrected chi connectivity index (χ4v) is 2.13. The Morgan fingerprint density at radius 1 is 1.37 bits per heavy atom. The van der Waals surface area contributed by atoms with Gasteiger partial charge in [-0.05, 0) is 12.5 Å². The lowest BCUT2D eigenvalue weighted by molar-refractivity contribution is -0.0106. The van der Waals surface area contributed by atoms with E-state index >= 15 is 0 Å². The first-order valence-electron chi connectivity index (χ1n) is 6.06. The van der Waals surface area contributed by atoms with Crippen LogP contribution in [0.3, 0.4) is 0 Å². The summed E-state index contributed by atoms with van der Waals surface area (Å²) in [4.78, 5) is 1.80. The monoisotopic (exact) mass is 269 g/mol. The topological polar surface area (TPSA) is 55.3 Å². The number of aryl methyl sites for hydroxylation is 1. The Bertz CT molecular complexity index is 574. The highest BCUT2D eigenvalue weighted by Gasteiger charge is 2.33. The molecular formula is C12H13F2N3O2. The summed E-state index contributed by atoms with van der Waals surface area (Å²) in [5.41, 5.74) is 1.03. The predicted octanol–water partition coefficient (Wildman–Crippen LogP) is 2.73. The predicted molar refractivity (Wildman–Crippen MR) is 61.9 cm³/mol. The second-order valence-corrected chi connectivity index (χ2v) is 4.67. The summed E-state index contributed by atoms with van der Waals surface area (Å²) in [7, 11) is 0. The van der Waals surface area contributed by atoms with Crippen LogP contribution in [-0.4, -0.2) is 16.7 Å². The average molecular weight is 269 g/mol. The van der Waals surface area contributed by atoms with E-state index in [9.17, 15) is 8.78 Å². The van der Waals surface area contributed by atoms with Gasteiger partial charge in [0.25, 0.3) is 5.89 Å². The number of nitrogens with zero attached hydrogens (tertiary/aromatic N) is 3. The molecule has 0 amide bonds. The molecule has 0 N–H and O–H groups in total. The minimum absolute atomic E-state index is 0.130. The molecule has 0 unspecified atom stereocenters. The smallest absolute Gasteiger partial charge is 0.321 e. The van der Waals surface area contributed by atoms with Crippen LogP contribution in [-0.2, 0) is 18.9 Å². The van der Waals surface area contributed by atoms with Crippen molar-refractivity contribution in [3.63, 3.8) is 0 Å². The van der Waals surface area contributed by atoms with Gasteiger partial charge in [0.1, 0.15) is 5.76 Å². The lowest BCUT2D eigenvalue weighted by Gasteiger charge is -2.16. The Balaban J connectivity index is 1.85. The summed E-state index contributed by atoms with van der Waals surface area (Å²) < 4.78 is 36.6. The number of fused-ring (bicyclic) bond motifs is 1. The molecule has 0 atom stereocenters. The normalized spacial score (nSPS) is 16.3. The van der Waals surface area contributed by atoms with E-state index < -0.39 is 11.8 Å². The van der Waals surface area contributed by atoms with E-state index in [-0.39, 0.29) is 6.01 Å². The van der Waals surface area contributed by atoms with Crippen molar-refractivity contribution >= 4 is 6.01 Å². The number of furan rings is 1. The van der Waals surface area contributed by atoms with Gasteiger partial charge in [0, 0.05) is 25.5 Å². The zero-order valence-corrected chi connectivity index (χ0v) is 10.4. The Morgan fingerprint density at radius 3 is 2.95 bits per heavy atom. The first-order valence-corrected chi connectivity index (χ1v) is 6.06. The molecule has 0 saturated heterocycles. The molecule has 0 aliphatic carbocycles. The van der Waals surface area contributed by atoms with Gasteiger partial charge in [-0.3, -0.25) is 0 Å². The van der Waals surface area contributed by atoms with Crippen LogP contribution < -0.4 is 4.90 Å². The maximum atomic E-state index is 13.1. The van der Waals surface area contributed by atoms with E-state index in [1.54, 1.807) is 11.2 Å². The van der Waals surface area contributed by atoms with Crippen molar-refractivity contribution in [2.24, 2.45) is 0 Å². The molecule has 1 aliphatic heterocycles. The summed E-state index contributed by atoms with van der Waals surface area (Å²) in [6, 6.07) is 2.00. The third-order valence-electron chi connectivity index (χ3n) is 3.09. The molecule has 7 heteroatoms. The Labute approximate surface area is 108 Å². The van der Waals surface area contributed by atoms with Gasteiger partial charge in [-0.2, -0.15) is 8.78 Å². The number of aromatic nitrogens is 2. The molecule has 3 rings (SSSR count). The number of hydrogen-bond acceptors (Lipinski definition) is 5. The van der Waals surface area contributed by atoms with E-state index in [0.717, 1.165) is 31.1 Å². The maximum absolute atomic E-state index is 13.1. The second-order valence-electron chi connectivity index (χ2n) is 4.67.